The van der Waals surface area contributed by atoms with Crippen molar-refractivity contribution in [3.05, 3.63) is 72.3 Å². The summed E-state index contributed by atoms with van der Waals surface area (Å²) in [5.74, 6) is -1.15. The molecule has 1 unspecified atom stereocenters. The van der Waals surface area contributed by atoms with E-state index in [2.05, 4.69) is 5.32 Å². The third-order valence-corrected chi connectivity index (χ3v) is 7.38. The number of carbonyl (C=O) groups is 2. The van der Waals surface area contributed by atoms with Gasteiger partial charge in [-0.25, -0.2) is 13.2 Å². The third kappa shape index (κ3) is 4.66. The Hall–Kier alpha value is -3.23. The lowest BCUT2D eigenvalue weighted by Crippen LogP contribution is -2.30. The second-order valence-corrected chi connectivity index (χ2v) is 9.67. The number of fused-ring (bicyclic) bond motifs is 1. The van der Waals surface area contributed by atoms with Crippen molar-refractivity contribution in [3.63, 3.8) is 0 Å². The van der Waals surface area contributed by atoms with Gasteiger partial charge >= 0.3 is 5.97 Å². The normalized spacial score (nSPS) is 15.4. The minimum absolute atomic E-state index is 0.137. The van der Waals surface area contributed by atoms with E-state index >= 15 is 0 Å². The molecule has 0 bridgehead atoms. The van der Waals surface area contributed by atoms with Crippen molar-refractivity contribution in [2.24, 2.45) is 0 Å². The minimum Gasteiger partial charge on any atom is -0.449 e. The zero-order valence-electron chi connectivity index (χ0n) is 17.7. The van der Waals surface area contributed by atoms with Gasteiger partial charge < -0.3 is 10.1 Å². The molecule has 1 N–H and O–H groups in total. The molecule has 0 aromatic heterocycles. The van der Waals surface area contributed by atoms with E-state index in [4.69, 9.17) is 4.74 Å². The van der Waals surface area contributed by atoms with E-state index in [0.29, 0.717) is 18.8 Å². The van der Waals surface area contributed by atoms with Crippen molar-refractivity contribution in [3.8, 4) is 0 Å². The van der Waals surface area contributed by atoms with E-state index in [0.717, 1.165) is 23.6 Å². The van der Waals surface area contributed by atoms with E-state index in [1.807, 2.05) is 36.4 Å². The van der Waals surface area contributed by atoms with Crippen molar-refractivity contribution in [2.75, 3.05) is 18.4 Å². The number of nitrogens with one attached hydrogen (secondary N) is 1. The Morgan fingerprint density at radius 3 is 2.28 bits per heavy atom. The molecule has 1 fully saturated rings. The smallest absolute Gasteiger partial charge is 0.338 e. The van der Waals surface area contributed by atoms with Gasteiger partial charge in [0.25, 0.3) is 5.91 Å². The van der Waals surface area contributed by atoms with Crippen molar-refractivity contribution >= 4 is 38.4 Å². The monoisotopic (exact) mass is 452 g/mol. The summed E-state index contributed by atoms with van der Waals surface area (Å²) < 4.78 is 31.9. The molecule has 0 saturated carbocycles. The van der Waals surface area contributed by atoms with Crippen LogP contribution in [0.25, 0.3) is 10.8 Å². The number of sulfonamides is 1. The Morgan fingerprint density at radius 2 is 1.59 bits per heavy atom. The highest BCUT2D eigenvalue weighted by Gasteiger charge is 2.27. The molecule has 1 atom stereocenters. The predicted octanol–water partition coefficient (Wildman–Crippen LogP) is 3.81. The molecular weight excluding hydrogens is 428 g/mol. The molecule has 1 saturated heterocycles. The summed E-state index contributed by atoms with van der Waals surface area (Å²) in [7, 11) is -3.55. The van der Waals surface area contributed by atoms with E-state index in [1.54, 1.807) is 6.07 Å². The molecule has 0 radical (unpaired) electrons. The molecule has 1 aliphatic heterocycles. The quantitative estimate of drug-likeness (QED) is 0.574. The van der Waals surface area contributed by atoms with Crippen molar-refractivity contribution in [1.82, 2.24) is 4.31 Å². The van der Waals surface area contributed by atoms with Crippen LogP contribution in [0.1, 0.15) is 30.1 Å². The van der Waals surface area contributed by atoms with Gasteiger partial charge in [0, 0.05) is 18.8 Å². The Kier molecular flexibility index (Phi) is 6.25. The summed E-state index contributed by atoms with van der Waals surface area (Å²) in [6.45, 7) is 2.51. The first-order chi connectivity index (χ1) is 15.3. The van der Waals surface area contributed by atoms with Gasteiger partial charge in [0.05, 0.1) is 10.5 Å². The van der Waals surface area contributed by atoms with Crippen LogP contribution >= 0.6 is 0 Å². The Morgan fingerprint density at radius 1 is 0.938 bits per heavy atom. The van der Waals surface area contributed by atoms with Gasteiger partial charge in [-0.1, -0.05) is 30.3 Å². The van der Waals surface area contributed by atoms with Crippen LogP contribution in [0.15, 0.2) is 71.6 Å². The van der Waals surface area contributed by atoms with Gasteiger partial charge in [-0.15, -0.1) is 0 Å². The molecule has 1 amide bonds. The van der Waals surface area contributed by atoms with E-state index in [-0.39, 0.29) is 10.5 Å². The molecule has 8 heteroatoms. The summed E-state index contributed by atoms with van der Waals surface area (Å²) in [4.78, 5) is 25.1. The van der Waals surface area contributed by atoms with Gasteiger partial charge in [0.15, 0.2) is 6.10 Å². The van der Waals surface area contributed by atoms with Crippen LogP contribution in [0.2, 0.25) is 0 Å². The number of anilines is 1. The number of benzene rings is 3. The van der Waals surface area contributed by atoms with Crippen LogP contribution < -0.4 is 5.32 Å². The SMILES string of the molecule is CC(OC(=O)c1ccc(S(=O)(=O)N2CCCC2)cc1)C(=O)Nc1ccc2ccccc2c1. The Labute approximate surface area is 187 Å². The van der Waals surface area contributed by atoms with Gasteiger partial charge in [-0.05, 0) is 66.9 Å². The van der Waals surface area contributed by atoms with Crippen LogP contribution in [0.3, 0.4) is 0 Å². The number of nitrogens with zero attached hydrogens (tertiary/aromatic N) is 1. The van der Waals surface area contributed by atoms with Gasteiger partial charge in [-0.2, -0.15) is 4.31 Å². The molecule has 1 heterocycles. The highest BCUT2D eigenvalue weighted by molar-refractivity contribution is 7.89. The number of esters is 1. The average Bonchev–Trinajstić information content (AvgIpc) is 3.35. The number of carbonyl (C=O) groups excluding carboxylic acids is 2. The number of rotatable bonds is 6. The number of hydrogen-bond donors (Lipinski definition) is 1. The van der Waals surface area contributed by atoms with Crippen LogP contribution in [0.4, 0.5) is 5.69 Å². The highest BCUT2D eigenvalue weighted by Crippen LogP contribution is 2.22. The van der Waals surface area contributed by atoms with Crippen LogP contribution in [0, 0.1) is 0 Å². The standard InChI is InChI=1S/C24H24N2O5S/c1-17(23(27)25-21-11-8-18-6-2-3-7-20(18)16-21)31-24(28)19-9-12-22(13-10-19)32(29,30)26-14-4-5-15-26/h2-3,6-13,16-17H,4-5,14-15H2,1H3,(H,25,27). The van der Waals surface area contributed by atoms with Gasteiger partial charge in [0.1, 0.15) is 0 Å². The molecule has 32 heavy (non-hydrogen) atoms. The first-order valence-corrected chi connectivity index (χ1v) is 11.9. The zero-order valence-corrected chi connectivity index (χ0v) is 18.5. The van der Waals surface area contributed by atoms with Gasteiger partial charge in [0.2, 0.25) is 10.0 Å². The average molecular weight is 453 g/mol. The fourth-order valence-corrected chi connectivity index (χ4v) is 5.15. The van der Waals surface area contributed by atoms with E-state index in [9.17, 15) is 18.0 Å². The maximum Gasteiger partial charge on any atom is 0.338 e. The maximum absolute atomic E-state index is 12.6. The molecule has 4 rings (SSSR count). The lowest BCUT2D eigenvalue weighted by molar-refractivity contribution is -0.123. The van der Waals surface area contributed by atoms with Crippen LogP contribution in [0.5, 0.6) is 0 Å². The molecule has 3 aromatic carbocycles. The molecule has 1 aliphatic rings. The molecule has 3 aromatic rings. The van der Waals surface area contributed by atoms with Crippen LogP contribution in [-0.4, -0.2) is 43.8 Å². The molecule has 7 nitrogen and oxygen atoms in total. The fraction of sp³-hybridized carbons (Fsp3) is 0.250. The second kappa shape index (κ2) is 9.10. The lowest BCUT2D eigenvalue weighted by Gasteiger charge is -2.16. The fourth-order valence-electron chi connectivity index (χ4n) is 3.63. The summed E-state index contributed by atoms with van der Waals surface area (Å²) in [5, 5.41) is 4.79. The largest absolute Gasteiger partial charge is 0.449 e. The van der Waals surface area contributed by atoms with E-state index < -0.39 is 28.0 Å². The van der Waals surface area contributed by atoms with Crippen molar-refractivity contribution < 1.29 is 22.7 Å². The number of hydrogen-bond acceptors (Lipinski definition) is 5. The first-order valence-electron chi connectivity index (χ1n) is 10.5. The van der Waals surface area contributed by atoms with Crippen molar-refractivity contribution in [1.29, 1.82) is 0 Å². The van der Waals surface area contributed by atoms with Gasteiger partial charge in [-0.3, -0.25) is 4.79 Å². The minimum atomic E-state index is -3.55. The Balaban J connectivity index is 1.38. The third-order valence-electron chi connectivity index (χ3n) is 5.46. The second-order valence-electron chi connectivity index (χ2n) is 7.73. The van der Waals surface area contributed by atoms with E-state index in [1.165, 1.54) is 35.5 Å². The first kappa shape index (κ1) is 22.0. The molecular formula is C24H24N2O5S. The zero-order chi connectivity index (χ0) is 22.7. The molecule has 0 spiro atoms. The maximum atomic E-state index is 12.6. The Bertz CT molecular complexity index is 1250. The summed E-state index contributed by atoms with van der Waals surface area (Å²) in [6.07, 6.45) is 0.674. The molecule has 166 valence electrons. The predicted molar refractivity (Wildman–Crippen MR) is 122 cm³/mol. The topological polar surface area (TPSA) is 92.8 Å². The molecule has 0 aliphatic carbocycles. The van der Waals surface area contributed by atoms with Crippen molar-refractivity contribution in [2.45, 2.75) is 30.8 Å². The number of amides is 1. The van der Waals surface area contributed by atoms with Crippen LogP contribution in [-0.2, 0) is 19.6 Å². The summed E-state index contributed by atoms with van der Waals surface area (Å²) in [6, 6.07) is 18.9. The highest BCUT2D eigenvalue weighted by atomic mass is 32.2. The summed E-state index contributed by atoms with van der Waals surface area (Å²) in [5.41, 5.74) is 0.781. The summed E-state index contributed by atoms with van der Waals surface area (Å²) >= 11 is 0. The lowest BCUT2D eigenvalue weighted by atomic mass is 10.1. The number of ether oxygens (including phenoxy) is 1.